The van der Waals surface area contributed by atoms with E-state index in [2.05, 4.69) is 27.6 Å². The van der Waals surface area contributed by atoms with Crippen molar-refractivity contribution in [2.75, 3.05) is 25.0 Å². The van der Waals surface area contributed by atoms with Crippen molar-refractivity contribution in [3.8, 4) is 5.75 Å². The van der Waals surface area contributed by atoms with E-state index in [1.54, 1.807) is 23.9 Å². The summed E-state index contributed by atoms with van der Waals surface area (Å²) in [6.45, 7) is 4.79. The molecule has 2 heterocycles. The third-order valence-corrected chi connectivity index (χ3v) is 4.59. The number of hydrogen-bond donors (Lipinski definition) is 2. The van der Waals surface area contributed by atoms with Gasteiger partial charge in [0.15, 0.2) is 5.82 Å². The summed E-state index contributed by atoms with van der Waals surface area (Å²) in [4.78, 5) is 17.0. The highest BCUT2D eigenvalue weighted by atomic mass is 35.5. The second-order valence-electron chi connectivity index (χ2n) is 6.62. The van der Waals surface area contributed by atoms with E-state index in [-0.39, 0.29) is 18.3 Å². The second-order valence-corrected chi connectivity index (χ2v) is 6.62. The number of anilines is 1. The van der Waals surface area contributed by atoms with E-state index in [9.17, 15) is 4.79 Å². The molecular weight excluding hydrogens is 366 g/mol. The predicted molar refractivity (Wildman–Crippen MR) is 108 cm³/mol. The lowest BCUT2D eigenvalue weighted by molar-refractivity contribution is 0.102. The van der Waals surface area contributed by atoms with Gasteiger partial charge in [-0.05, 0) is 56.6 Å². The van der Waals surface area contributed by atoms with Gasteiger partial charge < -0.3 is 10.1 Å². The Morgan fingerprint density at radius 3 is 2.67 bits per heavy atom. The molecule has 148 valence electrons. The minimum absolute atomic E-state index is 0. The first-order valence-electron chi connectivity index (χ1n) is 9.33. The van der Waals surface area contributed by atoms with Crippen molar-refractivity contribution in [2.45, 2.75) is 38.5 Å². The van der Waals surface area contributed by atoms with Crippen molar-refractivity contribution < 1.29 is 9.53 Å². The van der Waals surface area contributed by atoms with Crippen molar-refractivity contribution in [1.82, 2.24) is 20.1 Å². The Balaban J connectivity index is 0.00000261. The van der Waals surface area contributed by atoms with Crippen LogP contribution in [0.3, 0.4) is 0 Å². The van der Waals surface area contributed by atoms with Gasteiger partial charge in [0.2, 0.25) is 5.95 Å². The fraction of sp³-hybridized carbons (Fsp3) is 0.526. The Labute approximate surface area is 166 Å². The SMILES string of the molecule is CCCCOc1ccc(C(=O)Nc2nc(C3CCNCC3)nn2C)cc1.Cl. The molecule has 0 spiro atoms. The monoisotopic (exact) mass is 393 g/mol. The first-order chi connectivity index (χ1) is 12.7. The number of aryl methyl sites for hydroxylation is 1. The quantitative estimate of drug-likeness (QED) is 0.706. The maximum atomic E-state index is 12.5. The van der Waals surface area contributed by atoms with Crippen LogP contribution in [-0.4, -0.2) is 40.4 Å². The molecule has 0 radical (unpaired) electrons. The molecule has 1 aliphatic rings. The summed E-state index contributed by atoms with van der Waals surface area (Å²) in [6.07, 6.45) is 4.17. The molecule has 2 N–H and O–H groups in total. The van der Waals surface area contributed by atoms with Crippen molar-refractivity contribution >= 4 is 24.3 Å². The zero-order chi connectivity index (χ0) is 18.4. The number of unbranched alkanes of at least 4 members (excludes halogenated alkanes) is 1. The molecule has 1 aliphatic heterocycles. The van der Waals surface area contributed by atoms with Gasteiger partial charge in [0.1, 0.15) is 5.75 Å². The van der Waals surface area contributed by atoms with Gasteiger partial charge in [0.25, 0.3) is 5.91 Å². The Morgan fingerprint density at radius 2 is 2.00 bits per heavy atom. The van der Waals surface area contributed by atoms with Gasteiger partial charge >= 0.3 is 0 Å². The molecule has 1 aromatic heterocycles. The second kappa shape index (κ2) is 10.3. The third-order valence-electron chi connectivity index (χ3n) is 4.59. The molecule has 1 aromatic carbocycles. The number of piperidine rings is 1. The lowest BCUT2D eigenvalue weighted by Gasteiger charge is -2.19. The number of carbonyl (C=O) groups is 1. The van der Waals surface area contributed by atoms with Crippen LogP contribution < -0.4 is 15.4 Å². The lowest BCUT2D eigenvalue weighted by Crippen LogP contribution is -2.27. The first-order valence-corrected chi connectivity index (χ1v) is 9.33. The normalized spacial score (nSPS) is 14.4. The van der Waals surface area contributed by atoms with Crippen molar-refractivity contribution in [3.63, 3.8) is 0 Å². The number of benzene rings is 1. The van der Waals surface area contributed by atoms with Crippen molar-refractivity contribution in [1.29, 1.82) is 0 Å². The van der Waals surface area contributed by atoms with Crippen LogP contribution in [0.15, 0.2) is 24.3 Å². The average molecular weight is 394 g/mol. The Kier molecular flexibility index (Phi) is 8.06. The number of amides is 1. The molecule has 0 aliphatic carbocycles. The Morgan fingerprint density at radius 1 is 1.30 bits per heavy atom. The highest BCUT2D eigenvalue weighted by Crippen LogP contribution is 2.23. The highest BCUT2D eigenvalue weighted by molar-refractivity contribution is 6.03. The van der Waals surface area contributed by atoms with Gasteiger partial charge in [-0.15, -0.1) is 12.4 Å². The summed E-state index contributed by atoms with van der Waals surface area (Å²) >= 11 is 0. The molecule has 1 fully saturated rings. The van der Waals surface area contributed by atoms with Crippen LogP contribution in [0, 0.1) is 0 Å². The fourth-order valence-corrected chi connectivity index (χ4v) is 2.98. The zero-order valence-electron chi connectivity index (χ0n) is 15.9. The largest absolute Gasteiger partial charge is 0.494 e. The number of aromatic nitrogens is 3. The molecule has 7 nitrogen and oxygen atoms in total. The summed E-state index contributed by atoms with van der Waals surface area (Å²) in [5.41, 5.74) is 0.569. The molecule has 8 heteroatoms. The summed E-state index contributed by atoms with van der Waals surface area (Å²) < 4.78 is 7.26. The highest BCUT2D eigenvalue weighted by Gasteiger charge is 2.21. The number of nitrogens with one attached hydrogen (secondary N) is 2. The van der Waals surface area contributed by atoms with Crippen molar-refractivity contribution in [3.05, 3.63) is 35.7 Å². The number of rotatable bonds is 7. The zero-order valence-corrected chi connectivity index (χ0v) is 16.7. The van der Waals surface area contributed by atoms with Crippen molar-refractivity contribution in [2.24, 2.45) is 7.05 Å². The Bertz CT molecular complexity index is 726. The molecule has 3 rings (SSSR count). The number of nitrogens with zero attached hydrogens (tertiary/aromatic N) is 3. The molecule has 1 saturated heterocycles. The number of ether oxygens (including phenoxy) is 1. The van der Waals surface area contributed by atoms with Crippen LogP contribution in [0.2, 0.25) is 0 Å². The van der Waals surface area contributed by atoms with Gasteiger partial charge in [-0.3, -0.25) is 10.1 Å². The summed E-state index contributed by atoms with van der Waals surface area (Å²) in [5, 5.41) is 10.7. The van der Waals surface area contributed by atoms with Gasteiger partial charge in [-0.25, -0.2) is 4.68 Å². The van der Waals surface area contributed by atoms with Crippen LogP contribution in [0.1, 0.15) is 54.7 Å². The summed E-state index contributed by atoms with van der Waals surface area (Å²) in [5.74, 6) is 2.22. The molecule has 0 bridgehead atoms. The van der Waals surface area contributed by atoms with Gasteiger partial charge in [-0.2, -0.15) is 10.1 Å². The van der Waals surface area contributed by atoms with E-state index in [4.69, 9.17) is 4.74 Å². The smallest absolute Gasteiger partial charge is 0.258 e. The Hall–Kier alpha value is -2.12. The summed E-state index contributed by atoms with van der Waals surface area (Å²) in [7, 11) is 1.80. The predicted octanol–water partition coefficient (Wildman–Crippen LogP) is 3.14. The van der Waals surface area contributed by atoms with Crippen LogP contribution in [-0.2, 0) is 7.05 Å². The fourth-order valence-electron chi connectivity index (χ4n) is 2.98. The van der Waals surface area contributed by atoms with Crippen LogP contribution in [0.4, 0.5) is 5.95 Å². The van der Waals surface area contributed by atoms with Gasteiger partial charge in [0.05, 0.1) is 6.61 Å². The van der Waals surface area contributed by atoms with Crippen LogP contribution >= 0.6 is 12.4 Å². The number of hydrogen-bond acceptors (Lipinski definition) is 5. The third kappa shape index (κ3) is 5.68. The van der Waals surface area contributed by atoms with E-state index in [0.717, 1.165) is 50.3 Å². The maximum Gasteiger partial charge on any atom is 0.258 e. The topological polar surface area (TPSA) is 81.1 Å². The van der Waals surface area contributed by atoms with Gasteiger partial charge in [0, 0.05) is 18.5 Å². The molecule has 0 unspecified atom stereocenters. The molecule has 27 heavy (non-hydrogen) atoms. The van der Waals surface area contributed by atoms with E-state index in [1.807, 2.05) is 12.1 Å². The minimum atomic E-state index is -0.197. The lowest BCUT2D eigenvalue weighted by atomic mass is 9.98. The maximum absolute atomic E-state index is 12.5. The van der Waals surface area contributed by atoms with E-state index < -0.39 is 0 Å². The average Bonchev–Trinajstić information content (AvgIpc) is 3.04. The standard InChI is InChI=1S/C19H27N5O2.ClH/c1-3-4-13-26-16-7-5-15(6-8-16)18(25)22-19-21-17(23-24(19)2)14-9-11-20-12-10-14;/h5-8,14,20H,3-4,9-13H2,1-2H3,(H,21,22,23,25);1H. The molecular formula is C19H28ClN5O2. The molecule has 0 atom stereocenters. The van der Waals surface area contributed by atoms with Gasteiger partial charge in [-0.1, -0.05) is 13.3 Å². The van der Waals surface area contributed by atoms with E-state index >= 15 is 0 Å². The molecule has 2 aromatic rings. The molecule has 0 saturated carbocycles. The first kappa shape index (κ1) is 21.2. The van der Waals surface area contributed by atoms with Crippen LogP contribution in [0.25, 0.3) is 0 Å². The summed E-state index contributed by atoms with van der Waals surface area (Å²) in [6, 6.07) is 7.17. The minimum Gasteiger partial charge on any atom is -0.494 e. The van der Waals surface area contributed by atoms with Crippen LogP contribution in [0.5, 0.6) is 5.75 Å². The number of carbonyl (C=O) groups excluding carboxylic acids is 1. The number of halogens is 1. The van der Waals surface area contributed by atoms with E-state index in [1.165, 1.54) is 0 Å². The van der Waals surface area contributed by atoms with E-state index in [0.29, 0.717) is 24.0 Å². The molecule has 1 amide bonds.